The van der Waals surface area contributed by atoms with Gasteiger partial charge in [-0.15, -0.1) is 0 Å². The minimum absolute atomic E-state index is 0.000660. The number of nitrogens with zero attached hydrogens (tertiary/aromatic N) is 12. The van der Waals surface area contributed by atoms with E-state index in [-0.39, 0.29) is 161 Å². The first-order valence-corrected chi connectivity index (χ1v) is 40.9. The lowest BCUT2D eigenvalue weighted by Gasteiger charge is -2.32. The summed E-state index contributed by atoms with van der Waals surface area (Å²) in [6.07, 6.45) is 2.11. The summed E-state index contributed by atoms with van der Waals surface area (Å²) in [5.74, 6) is 0. The van der Waals surface area contributed by atoms with Crippen molar-refractivity contribution in [3.8, 4) is 0 Å². The van der Waals surface area contributed by atoms with Crippen molar-refractivity contribution in [2.24, 2.45) is 0 Å². The number of H-pyrrole nitrogens is 8. The van der Waals surface area contributed by atoms with Crippen molar-refractivity contribution in [1.29, 1.82) is 0 Å². The Balaban J connectivity index is 0.000000131. The highest BCUT2D eigenvalue weighted by Crippen LogP contribution is 2.32. The number of hydrogen-bond acceptors (Lipinski definition) is 12. The zero-order chi connectivity index (χ0) is 102. The van der Waals surface area contributed by atoms with Crippen LogP contribution in [0.1, 0.15) is 137 Å². The second kappa shape index (κ2) is 35.9. The van der Waals surface area contributed by atoms with Gasteiger partial charge in [0, 0.05) is 131 Å². The Labute approximate surface area is 733 Å². The molecule has 0 amide bonds. The quantitative estimate of drug-likeness (QED) is 0.0353. The summed E-state index contributed by atoms with van der Waals surface area (Å²) in [5, 5.41) is 1.69. The summed E-state index contributed by atoms with van der Waals surface area (Å²) in [4.78, 5) is 129. The number of para-hydroxylation sites is 8. The Morgan fingerprint density at radius 3 is 1.04 bits per heavy atom. The van der Waals surface area contributed by atoms with Gasteiger partial charge in [-0.2, -0.15) is 0 Å². The van der Waals surface area contributed by atoms with Crippen LogP contribution in [0.15, 0.2) is 208 Å². The molecule has 0 unspecified atom stereocenters. The summed E-state index contributed by atoms with van der Waals surface area (Å²) in [6.45, 7) is -2.93. The average molecular weight is 1710 g/mol. The molecule has 28 nitrogen and oxygen atoms in total. The van der Waals surface area contributed by atoms with E-state index < -0.39 is 96.7 Å². The van der Waals surface area contributed by atoms with Crippen LogP contribution in [0.5, 0.6) is 0 Å². The maximum absolute atomic E-state index is 12.8. The molecule has 624 valence electrons. The van der Waals surface area contributed by atoms with Crippen LogP contribution < -0.4 is 45.5 Å². The van der Waals surface area contributed by atoms with E-state index in [1.165, 1.54) is 9.13 Å². The fourth-order valence-electron chi connectivity index (χ4n) is 16.9. The molecule has 31 heteroatoms. The number of benzene rings is 8. The van der Waals surface area contributed by atoms with Gasteiger partial charge in [0.1, 0.15) is 0 Å². The third-order valence-electron chi connectivity index (χ3n) is 22.7. The van der Waals surface area contributed by atoms with Gasteiger partial charge in [-0.3, -0.25) is 36.5 Å². The number of likely N-dealkylation sites (tertiary alicyclic amines) is 4. The molecule has 4 aliphatic heterocycles. The highest BCUT2D eigenvalue weighted by Gasteiger charge is 2.29. The lowest BCUT2D eigenvalue weighted by molar-refractivity contribution is 0.183. The van der Waals surface area contributed by atoms with Crippen molar-refractivity contribution in [2.75, 3.05) is 78.4 Å². The van der Waals surface area contributed by atoms with Gasteiger partial charge in [0.25, 0.3) is 0 Å². The minimum Gasteiger partial charge on any atom is -0.306 e. The Morgan fingerprint density at radius 2 is 0.625 bits per heavy atom. The third kappa shape index (κ3) is 17.5. The van der Waals surface area contributed by atoms with Crippen LogP contribution in [0.3, 0.4) is 0 Å². The molecule has 4 aliphatic rings. The molecule has 0 spiro atoms. The third-order valence-corrected chi connectivity index (χ3v) is 23.4. The van der Waals surface area contributed by atoms with Crippen LogP contribution in [0, 0.1) is 6.92 Å². The van der Waals surface area contributed by atoms with Gasteiger partial charge in [0.05, 0.1) is 105 Å². The van der Waals surface area contributed by atoms with Crippen molar-refractivity contribution in [3.63, 3.8) is 0 Å². The first-order chi connectivity index (χ1) is 67.1. The molecule has 4 saturated heterocycles. The fourth-order valence-corrected chi connectivity index (χ4v) is 17.4. The predicted molar refractivity (Wildman–Crippen MR) is 478 cm³/mol. The lowest BCUT2D eigenvalue weighted by atomic mass is 10.0. The smallest absolute Gasteiger partial charge is 0.306 e. The van der Waals surface area contributed by atoms with Gasteiger partial charge in [0.2, 0.25) is 0 Å². The van der Waals surface area contributed by atoms with Crippen LogP contribution in [0.4, 0.5) is 0 Å². The lowest BCUT2D eigenvalue weighted by Crippen LogP contribution is -2.37. The number of aromatic amines is 8. The van der Waals surface area contributed by atoms with Crippen LogP contribution >= 0.6 is 34.8 Å². The second-order valence-corrected chi connectivity index (χ2v) is 31.5. The van der Waals surface area contributed by atoms with Gasteiger partial charge >= 0.3 is 45.5 Å². The number of aryl methyl sites for hydroxylation is 5. The van der Waals surface area contributed by atoms with E-state index in [9.17, 15) is 38.4 Å². The summed E-state index contributed by atoms with van der Waals surface area (Å²) < 4.78 is 193. The van der Waals surface area contributed by atoms with Crippen molar-refractivity contribution in [2.45, 2.75) is 134 Å². The molecule has 0 atom stereocenters. The molecular formula is C89H99Cl3N20O8. The van der Waals surface area contributed by atoms with E-state index >= 15 is 0 Å². The summed E-state index contributed by atoms with van der Waals surface area (Å²) in [6, 6.07) is 23.3. The maximum Gasteiger partial charge on any atom is 0.326 e. The molecule has 16 aromatic rings. The number of rotatable bonds is 20. The number of aromatic nitrogens is 16. The first-order valence-electron chi connectivity index (χ1n) is 50.8. The van der Waals surface area contributed by atoms with Crippen molar-refractivity contribution in [3.05, 3.63) is 274 Å². The van der Waals surface area contributed by atoms with E-state index in [0.717, 1.165) is 76.0 Å². The Kier molecular flexibility index (Phi) is 17.5. The fraction of sp³-hybridized carbons (Fsp3) is 0.371. The number of imidazole rings is 8. The number of piperidine rings is 4. The first kappa shape index (κ1) is 58.5. The Hall–Kier alpha value is -11.4. The molecule has 0 aliphatic carbocycles. The molecule has 120 heavy (non-hydrogen) atoms. The molecule has 12 heterocycles. The second-order valence-electron chi connectivity index (χ2n) is 30.2. The number of nitrogens with one attached hydrogen (secondary N) is 8. The average Bonchev–Trinajstić information content (AvgIpc) is 1.63. The zero-order valence-electron chi connectivity index (χ0n) is 87.1. The predicted octanol–water partition coefficient (Wildman–Crippen LogP) is 13.1. The molecule has 8 aromatic heterocycles. The van der Waals surface area contributed by atoms with Crippen LogP contribution in [0.25, 0.3) is 88.3 Å². The molecule has 8 N–H and O–H groups in total. The van der Waals surface area contributed by atoms with Gasteiger partial charge in [-0.1, -0.05) is 89.3 Å². The van der Waals surface area contributed by atoms with Crippen LogP contribution in [0.2, 0.25) is 15.1 Å². The number of fused-ring (bicyclic) bond motifs is 8. The van der Waals surface area contributed by atoms with Crippen molar-refractivity contribution >= 4 is 123 Å². The minimum atomic E-state index is -3.38. The Bertz CT molecular complexity index is 8150. The molecule has 0 radical (unpaired) electrons. The highest BCUT2D eigenvalue weighted by molar-refractivity contribution is 6.32. The number of halogens is 3. The molecule has 4 fully saturated rings. The SMILES string of the molecule is [2H]C([2H])(CCn1c(=O)[nH]c2ccccc21)N1CCC(n2c(=O)[nH]c3cc(Cl)ccc32)CC1.[2H]c1c([2H])c([2H])c2c([nH]c(=O)n2C([2H])([2H])C([2H])([2H])C([2H])([2H])N2CCC(n3c(=O)[nH]c4cc(C)ccc43)CC2)c1[2H].[2H]c1c([2H])c([2H])c2c([nH]c(=O)n2CCC([2H])([2H])N2CCC(n3c(=O)[nH]c4cc(Cl)ccc43)CC2)c1[2H].[2H]c1c([2H])c([2H])c2c([nH]c(=O)n2CCCN2CCC(n3c(=O)[nH]c4cc(Cl)ccc43)CC2)c1[2H]. The Morgan fingerprint density at radius 1 is 0.308 bits per heavy atom. The van der Waals surface area contributed by atoms with Gasteiger partial charge in [0.15, 0.2) is 0 Å². The zero-order valence-corrected chi connectivity index (χ0v) is 67.3. The normalized spacial score (nSPS) is 19.3. The number of hydrogen-bond donors (Lipinski definition) is 8. The van der Waals surface area contributed by atoms with Crippen LogP contribution in [-0.4, -0.2) is 174 Å². The maximum atomic E-state index is 12.8. The highest BCUT2D eigenvalue weighted by atomic mass is 35.5. The van der Waals surface area contributed by atoms with E-state index in [1.807, 2.05) is 71.0 Å². The largest absolute Gasteiger partial charge is 0.326 e. The standard InChI is InChI=1S/C23H27N5O2.3C22H24ClN5O2/c1-16-7-8-21-19(15-16)25-23(30)28(21)17-9-13-26(14-10-17)11-4-12-27-20-6-3-2-5-18(20)24-22(27)29;3*23-15-6-7-20-18(14-15)25-22(30)28(20)16-8-12-26(13-9-16)10-3-11-27-19-5-2-1-4-17(19)24-21(27)29/h2-3,5-8,15,17H,4,9-14H2,1H3,(H,24,29)(H,25,30);3*1-2,4-7,14,16H,3,8-13H2,(H,24,29)(H,25,30)/i2D,3D,4D2,5D,6D,11D2,12D2;1D,2D,4D,5D,10D2;1D,2D,4D,5D;10D2. The topological polar surface area (TPSA) is 315 Å². The molecule has 20 rings (SSSR count). The van der Waals surface area contributed by atoms with E-state index in [0.29, 0.717) is 109 Å². The van der Waals surface area contributed by atoms with Crippen molar-refractivity contribution in [1.82, 2.24) is 96.0 Å². The van der Waals surface area contributed by atoms with Crippen LogP contribution in [-0.2, 0) is 26.1 Å². The van der Waals surface area contributed by atoms with Gasteiger partial charge in [-0.05, 0) is 231 Å². The molecule has 0 saturated carbocycles. The molecular weight excluding hydrogens is 1580 g/mol. The monoisotopic (exact) mass is 1700 g/mol. The van der Waals surface area contributed by atoms with E-state index in [4.69, 9.17) is 65.0 Å². The van der Waals surface area contributed by atoms with Gasteiger partial charge < -0.3 is 59.5 Å². The summed E-state index contributed by atoms with van der Waals surface area (Å²) >= 11 is 18.1. The summed E-state index contributed by atoms with van der Waals surface area (Å²) in [5.41, 5.74) is 4.53. The van der Waals surface area contributed by atoms with Gasteiger partial charge in [-0.25, -0.2) is 38.4 Å². The van der Waals surface area contributed by atoms with E-state index in [2.05, 4.69) is 44.8 Å². The summed E-state index contributed by atoms with van der Waals surface area (Å²) in [7, 11) is 0. The van der Waals surface area contributed by atoms with Crippen molar-refractivity contribution < 1.29 is 30.2 Å². The van der Waals surface area contributed by atoms with E-state index in [1.54, 1.807) is 65.6 Å². The molecule has 0 bridgehead atoms. The molecule has 8 aromatic carbocycles.